The standard InChI is InChI=1S/C27H33N7O7/c28-26(29)32-20-10-8-19(9-11-20)24(38)30-12-4-7-21-25(39)33(16-23(36)37)13-14-34(21)22(35)15-31-27(40)41-17-18-5-2-1-3-6-18/h1-3,5-6,8-11,21H,4,7,12-17H2,(H,30,38)(H,31,40)(H,36,37)(H4,28,29,32)/t21-/m0/s1. The van der Waals surface area contributed by atoms with Crippen molar-refractivity contribution in [3.8, 4) is 0 Å². The lowest BCUT2D eigenvalue weighted by Crippen LogP contribution is -2.60. The fraction of sp³-hybridized carbons (Fsp3) is 0.333. The number of carboxylic acid groups (broad SMARTS) is 1. The second-order valence-corrected chi connectivity index (χ2v) is 9.15. The van der Waals surface area contributed by atoms with E-state index in [0.717, 1.165) is 5.56 Å². The predicted octanol–water partition coefficient (Wildman–Crippen LogP) is 0.152. The maximum Gasteiger partial charge on any atom is 0.407 e. The molecule has 0 bridgehead atoms. The number of carboxylic acids is 1. The fourth-order valence-electron chi connectivity index (χ4n) is 4.20. The molecule has 1 aliphatic rings. The van der Waals surface area contributed by atoms with Crippen LogP contribution in [-0.4, -0.2) is 89.4 Å². The van der Waals surface area contributed by atoms with Gasteiger partial charge in [-0.15, -0.1) is 0 Å². The van der Waals surface area contributed by atoms with Crippen LogP contribution in [0.3, 0.4) is 0 Å². The molecule has 1 saturated heterocycles. The smallest absolute Gasteiger partial charge is 0.407 e. The summed E-state index contributed by atoms with van der Waals surface area (Å²) in [6.07, 6.45) is -0.294. The molecule has 7 N–H and O–H groups in total. The molecule has 1 heterocycles. The summed E-state index contributed by atoms with van der Waals surface area (Å²) in [5.41, 5.74) is 12.3. The van der Waals surface area contributed by atoms with E-state index in [-0.39, 0.29) is 44.5 Å². The van der Waals surface area contributed by atoms with E-state index >= 15 is 0 Å². The summed E-state index contributed by atoms with van der Waals surface area (Å²) < 4.78 is 5.12. The Balaban J connectivity index is 1.53. The number of benzene rings is 2. The molecule has 0 aliphatic carbocycles. The van der Waals surface area contributed by atoms with Gasteiger partial charge in [-0.1, -0.05) is 30.3 Å². The largest absolute Gasteiger partial charge is 0.480 e. The van der Waals surface area contributed by atoms with Gasteiger partial charge < -0.3 is 41.7 Å². The van der Waals surface area contributed by atoms with Crippen molar-refractivity contribution in [3.63, 3.8) is 0 Å². The highest BCUT2D eigenvalue weighted by Gasteiger charge is 2.37. The average molecular weight is 568 g/mol. The van der Waals surface area contributed by atoms with Gasteiger partial charge in [0.1, 0.15) is 25.7 Å². The molecule has 2 aromatic carbocycles. The normalized spacial score (nSPS) is 14.6. The molecular formula is C27H33N7O7. The van der Waals surface area contributed by atoms with Crippen LogP contribution >= 0.6 is 0 Å². The maximum atomic E-state index is 13.1. The zero-order valence-electron chi connectivity index (χ0n) is 22.3. The number of carbonyl (C=O) groups excluding carboxylic acids is 4. The van der Waals surface area contributed by atoms with Crippen LogP contribution in [0.5, 0.6) is 0 Å². The van der Waals surface area contributed by atoms with Gasteiger partial charge in [0.2, 0.25) is 11.8 Å². The number of nitrogens with two attached hydrogens (primary N) is 2. The van der Waals surface area contributed by atoms with E-state index in [4.69, 9.17) is 21.3 Å². The molecular weight excluding hydrogens is 534 g/mol. The highest BCUT2D eigenvalue weighted by Crippen LogP contribution is 2.17. The minimum Gasteiger partial charge on any atom is -0.480 e. The number of amides is 4. The number of aliphatic imine (C=N–C) groups is 1. The van der Waals surface area contributed by atoms with Crippen LogP contribution < -0.4 is 22.1 Å². The Labute approximate surface area is 236 Å². The number of carbonyl (C=O) groups is 5. The van der Waals surface area contributed by atoms with Crippen LogP contribution in [0.2, 0.25) is 0 Å². The second-order valence-electron chi connectivity index (χ2n) is 9.15. The van der Waals surface area contributed by atoms with Crippen LogP contribution in [0, 0.1) is 0 Å². The van der Waals surface area contributed by atoms with Crippen molar-refractivity contribution >= 4 is 41.4 Å². The summed E-state index contributed by atoms with van der Waals surface area (Å²) in [7, 11) is 0. The van der Waals surface area contributed by atoms with E-state index in [1.54, 1.807) is 48.5 Å². The summed E-state index contributed by atoms with van der Waals surface area (Å²) in [5.74, 6) is -2.65. The van der Waals surface area contributed by atoms with Crippen LogP contribution in [0.1, 0.15) is 28.8 Å². The quantitative estimate of drug-likeness (QED) is 0.134. The van der Waals surface area contributed by atoms with Crippen molar-refractivity contribution in [1.82, 2.24) is 20.4 Å². The zero-order valence-corrected chi connectivity index (χ0v) is 22.3. The molecule has 0 unspecified atom stereocenters. The highest BCUT2D eigenvalue weighted by atomic mass is 16.5. The van der Waals surface area contributed by atoms with Gasteiger partial charge in [0.25, 0.3) is 5.91 Å². The summed E-state index contributed by atoms with van der Waals surface area (Å²) in [6.45, 7) is -0.529. The van der Waals surface area contributed by atoms with E-state index < -0.39 is 43.0 Å². The van der Waals surface area contributed by atoms with E-state index in [9.17, 15) is 24.0 Å². The highest BCUT2D eigenvalue weighted by molar-refractivity contribution is 5.94. The monoisotopic (exact) mass is 567 g/mol. The van der Waals surface area contributed by atoms with Crippen LogP contribution in [-0.2, 0) is 25.7 Å². The van der Waals surface area contributed by atoms with Gasteiger partial charge in [-0.2, -0.15) is 0 Å². The van der Waals surface area contributed by atoms with Gasteiger partial charge in [0, 0.05) is 25.2 Å². The van der Waals surface area contributed by atoms with E-state index in [2.05, 4.69) is 15.6 Å². The maximum absolute atomic E-state index is 13.1. The first-order chi connectivity index (χ1) is 19.6. The molecule has 41 heavy (non-hydrogen) atoms. The SMILES string of the molecule is NC(N)=Nc1ccc(C(=O)NCCC[C@H]2C(=O)N(CC(=O)O)CCN2C(=O)CNC(=O)OCc2ccccc2)cc1. The number of alkyl carbamates (subject to hydrolysis) is 1. The van der Waals surface area contributed by atoms with Crippen molar-refractivity contribution in [2.45, 2.75) is 25.5 Å². The van der Waals surface area contributed by atoms with Gasteiger partial charge in [0.15, 0.2) is 5.96 Å². The molecule has 0 aromatic heterocycles. The van der Waals surface area contributed by atoms with Crippen molar-refractivity contribution in [3.05, 3.63) is 65.7 Å². The fourth-order valence-corrected chi connectivity index (χ4v) is 4.20. The van der Waals surface area contributed by atoms with Crippen molar-refractivity contribution in [2.75, 3.05) is 32.7 Å². The summed E-state index contributed by atoms with van der Waals surface area (Å²) in [6, 6.07) is 14.4. The number of guanidine groups is 1. The van der Waals surface area contributed by atoms with Gasteiger partial charge >= 0.3 is 12.1 Å². The lowest BCUT2D eigenvalue weighted by molar-refractivity contribution is -0.155. The second kappa shape index (κ2) is 14.9. The summed E-state index contributed by atoms with van der Waals surface area (Å²) in [4.78, 5) is 68.2. The molecule has 2 aromatic rings. The number of hydrogen-bond donors (Lipinski definition) is 5. The summed E-state index contributed by atoms with van der Waals surface area (Å²) >= 11 is 0. The average Bonchev–Trinajstić information content (AvgIpc) is 2.95. The first-order valence-corrected chi connectivity index (χ1v) is 12.9. The molecule has 1 atom stereocenters. The number of hydrogen-bond acceptors (Lipinski definition) is 7. The molecule has 1 aliphatic heterocycles. The first-order valence-electron chi connectivity index (χ1n) is 12.9. The molecule has 0 saturated carbocycles. The van der Waals surface area contributed by atoms with Crippen LogP contribution in [0.4, 0.5) is 10.5 Å². The van der Waals surface area contributed by atoms with Gasteiger partial charge in [-0.05, 0) is 42.7 Å². The molecule has 218 valence electrons. The molecule has 3 rings (SSSR count). The number of aliphatic carboxylic acids is 1. The minimum absolute atomic E-state index is 0.0297. The molecule has 14 nitrogen and oxygen atoms in total. The lowest BCUT2D eigenvalue weighted by atomic mass is 10.0. The Kier molecular flexibility index (Phi) is 11.0. The first kappa shape index (κ1) is 30.4. The lowest BCUT2D eigenvalue weighted by Gasteiger charge is -2.40. The summed E-state index contributed by atoms with van der Waals surface area (Å²) in [5, 5.41) is 14.3. The zero-order chi connectivity index (χ0) is 29.8. The topological polar surface area (TPSA) is 210 Å². The van der Waals surface area contributed by atoms with E-state index in [1.807, 2.05) is 6.07 Å². The molecule has 1 fully saturated rings. The van der Waals surface area contributed by atoms with Crippen LogP contribution in [0.15, 0.2) is 59.6 Å². The number of piperazine rings is 1. The van der Waals surface area contributed by atoms with Crippen molar-refractivity contribution in [1.29, 1.82) is 0 Å². The Bertz CT molecular complexity index is 1260. The predicted molar refractivity (Wildman–Crippen MR) is 148 cm³/mol. The number of nitrogens with zero attached hydrogens (tertiary/aromatic N) is 3. The third kappa shape index (κ3) is 9.53. The van der Waals surface area contributed by atoms with Gasteiger partial charge in [-0.3, -0.25) is 19.2 Å². The van der Waals surface area contributed by atoms with E-state index in [1.165, 1.54) is 9.80 Å². The minimum atomic E-state index is -1.17. The Hall–Kier alpha value is -5.14. The van der Waals surface area contributed by atoms with Gasteiger partial charge in [-0.25, -0.2) is 9.79 Å². The van der Waals surface area contributed by atoms with Crippen molar-refractivity contribution < 1.29 is 33.8 Å². The number of nitrogens with one attached hydrogen (secondary N) is 2. The Morgan fingerprint density at radius 3 is 2.37 bits per heavy atom. The molecule has 0 radical (unpaired) electrons. The third-order valence-electron chi connectivity index (χ3n) is 6.15. The number of rotatable bonds is 12. The van der Waals surface area contributed by atoms with E-state index in [0.29, 0.717) is 17.7 Å². The van der Waals surface area contributed by atoms with Crippen LogP contribution in [0.25, 0.3) is 0 Å². The van der Waals surface area contributed by atoms with Gasteiger partial charge in [0.05, 0.1) is 5.69 Å². The molecule has 0 spiro atoms. The third-order valence-corrected chi connectivity index (χ3v) is 6.15. The number of ether oxygens (including phenoxy) is 1. The Morgan fingerprint density at radius 2 is 1.71 bits per heavy atom. The van der Waals surface area contributed by atoms with Crippen molar-refractivity contribution in [2.24, 2.45) is 16.5 Å². The Morgan fingerprint density at radius 1 is 1.00 bits per heavy atom. The molecule has 14 heteroatoms. The molecule has 4 amide bonds.